The molecule has 10 heteroatoms. The van der Waals surface area contributed by atoms with Crippen LogP contribution in [0.3, 0.4) is 0 Å². The van der Waals surface area contributed by atoms with E-state index < -0.39 is 17.7 Å². The van der Waals surface area contributed by atoms with Crippen molar-refractivity contribution in [3.05, 3.63) is 52.7 Å². The molecule has 2 aliphatic rings. The monoisotopic (exact) mass is 475 g/mol. The number of hydrogen-bond donors (Lipinski definition) is 0. The molecule has 0 aliphatic carbocycles. The van der Waals surface area contributed by atoms with Crippen molar-refractivity contribution < 1.29 is 22.7 Å². The number of carbonyl (C=O) groups is 1. The molecule has 34 heavy (non-hydrogen) atoms. The standard InChI is InChI=1S/C24H28F3N5O2/c1-15-6-5-7-20(16(15)2)32-9-8-18-19(14-32)28-23(34-4)29-21(18)30-10-12-31(13-11-30)22(33)17(3)24(25,26)27/h5-7H,3,8-14H2,1-2,4H3. The second-order valence-electron chi connectivity index (χ2n) is 8.61. The third-order valence-corrected chi connectivity index (χ3v) is 6.59. The van der Waals surface area contributed by atoms with Gasteiger partial charge in [-0.05, 0) is 37.5 Å². The highest BCUT2D eigenvalue weighted by Crippen LogP contribution is 2.33. The Hall–Kier alpha value is -3.30. The number of halogens is 3. The summed E-state index contributed by atoms with van der Waals surface area (Å²) in [4.78, 5) is 26.8. The molecule has 7 nitrogen and oxygen atoms in total. The summed E-state index contributed by atoms with van der Waals surface area (Å²) >= 11 is 0. The molecule has 1 aromatic heterocycles. The molecule has 3 heterocycles. The summed E-state index contributed by atoms with van der Waals surface area (Å²) in [7, 11) is 1.51. The number of hydrogen-bond acceptors (Lipinski definition) is 6. The molecule has 0 unspecified atom stereocenters. The van der Waals surface area contributed by atoms with E-state index in [9.17, 15) is 18.0 Å². The number of amides is 1. The zero-order chi connectivity index (χ0) is 24.6. The highest BCUT2D eigenvalue weighted by atomic mass is 19.4. The minimum Gasteiger partial charge on any atom is -0.467 e. The van der Waals surface area contributed by atoms with Gasteiger partial charge >= 0.3 is 12.2 Å². The van der Waals surface area contributed by atoms with Crippen LogP contribution in [0.25, 0.3) is 0 Å². The smallest absolute Gasteiger partial charge is 0.421 e. The number of rotatable bonds is 4. The molecule has 0 spiro atoms. The van der Waals surface area contributed by atoms with Crippen LogP contribution in [0.4, 0.5) is 24.7 Å². The first-order valence-electron chi connectivity index (χ1n) is 11.2. The summed E-state index contributed by atoms with van der Waals surface area (Å²) in [5.41, 5.74) is 4.17. The SMILES string of the molecule is C=C(C(=O)N1CCN(c2nc(OC)nc3c2CCN(c2cccc(C)c2C)C3)CC1)C(F)(F)F. The third kappa shape index (κ3) is 4.53. The lowest BCUT2D eigenvalue weighted by molar-refractivity contribution is -0.139. The average Bonchev–Trinajstić information content (AvgIpc) is 2.83. The molecule has 1 amide bonds. The molecular weight excluding hydrogens is 447 g/mol. The number of ether oxygens (including phenoxy) is 1. The fraction of sp³-hybridized carbons (Fsp3) is 0.458. The molecule has 0 radical (unpaired) electrons. The van der Waals surface area contributed by atoms with Crippen molar-refractivity contribution in [3.8, 4) is 6.01 Å². The first-order valence-corrected chi connectivity index (χ1v) is 11.2. The molecule has 2 aromatic rings. The number of fused-ring (bicyclic) bond motifs is 1. The number of carbonyl (C=O) groups excluding carboxylic acids is 1. The maximum Gasteiger partial charge on any atom is 0.421 e. The van der Waals surface area contributed by atoms with Crippen molar-refractivity contribution in [2.75, 3.05) is 49.6 Å². The van der Waals surface area contributed by atoms with Crippen LogP contribution in [-0.4, -0.2) is 66.8 Å². The van der Waals surface area contributed by atoms with E-state index in [4.69, 9.17) is 4.74 Å². The molecule has 2 aliphatic heterocycles. The van der Waals surface area contributed by atoms with E-state index in [1.54, 1.807) is 0 Å². The van der Waals surface area contributed by atoms with Crippen molar-refractivity contribution in [1.29, 1.82) is 0 Å². The van der Waals surface area contributed by atoms with E-state index in [-0.39, 0.29) is 19.1 Å². The van der Waals surface area contributed by atoms with Gasteiger partial charge in [-0.1, -0.05) is 18.7 Å². The van der Waals surface area contributed by atoms with Crippen molar-refractivity contribution in [3.63, 3.8) is 0 Å². The summed E-state index contributed by atoms with van der Waals surface area (Å²) in [6.45, 7) is 9.58. The quantitative estimate of drug-likeness (QED) is 0.632. The summed E-state index contributed by atoms with van der Waals surface area (Å²) in [5, 5.41) is 0. The molecule has 0 atom stereocenters. The topological polar surface area (TPSA) is 61.8 Å². The van der Waals surface area contributed by atoms with E-state index in [0.29, 0.717) is 19.6 Å². The van der Waals surface area contributed by atoms with Gasteiger partial charge in [0.15, 0.2) is 0 Å². The highest BCUT2D eigenvalue weighted by molar-refractivity contribution is 5.94. The maximum absolute atomic E-state index is 12.9. The lowest BCUT2D eigenvalue weighted by Gasteiger charge is -2.38. The van der Waals surface area contributed by atoms with Crippen LogP contribution in [0.5, 0.6) is 6.01 Å². The second-order valence-corrected chi connectivity index (χ2v) is 8.61. The van der Waals surface area contributed by atoms with Crippen LogP contribution in [0, 0.1) is 13.8 Å². The number of alkyl halides is 3. The Labute approximate surface area is 196 Å². The summed E-state index contributed by atoms with van der Waals surface area (Å²) in [6.07, 6.45) is -4.00. The van der Waals surface area contributed by atoms with E-state index in [1.165, 1.54) is 28.8 Å². The number of aromatic nitrogens is 2. The molecule has 4 rings (SSSR count). The Morgan fingerprint density at radius 3 is 2.41 bits per heavy atom. The molecule has 182 valence electrons. The van der Waals surface area contributed by atoms with Gasteiger partial charge in [-0.25, -0.2) is 0 Å². The number of piperazine rings is 1. The predicted octanol–water partition coefficient (Wildman–Crippen LogP) is 3.43. The van der Waals surface area contributed by atoms with Crippen LogP contribution in [0.2, 0.25) is 0 Å². The molecule has 1 saturated heterocycles. The van der Waals surface area contributed by atoms with Gasteiger partial charge in [0.05, 0.1) is 19.3 Å². The Morgan fingerprint density at radius 1 is 1.06 bits per heavy atom. The lowest BCUT2D eigenvalue weighted by Crippen LogP contribution is -2.50. The average molecular weight is 476 g/mol. The number of aryl methyl sites for hydroxylation is 1. The number of nitrogens with zero attached hydrogens (tertiary/aromatic N) is 5. The van der Waals surface area contributed by atoms with E-state index in [0.717, 1.165) is 30.0 Å². The number of anilines is 2. The van der Waals surface area contributed by atoms with E-state index in [2.05, 4.69) is 47.4 Å². The van der Waals surface area contributed by atoms with Crippen LogP contribution in [0.15, 0.2) is 30.4 Å². The normalized spacial score (nSPS) is 16.4. The van der Waals surface area contributed by atoms with Gasteiger partial charge in [0.25, 0.3) is 5.91 Å². The molecule has 0 N–H and O–H groups in total. The van der Waals surface area contributed by atoms with E-state index >= 15 is 0 Å². The zero-order valence-electron chi connectivity index (χ0n) is 19.6. The zero-order valence-corrected chi connectivity index (χ0v) is 19.6. The molecule has 0 bridgehead atoms. The number of methoxy groups -OCH3 is 1. The molecule has 1 fully saturated rings. The highest BCUT2D eigenvalue weighted by Gasteiger charge is 2.39. The van der Waals surface area contributed by atoms with Crippen molar-refractivity contribution in [2.45, 2.75) is 33.0 Å². The van der Waals surface area contributed by atoms with Gasteiger partial charge < -0.3 is 19.4 Å². The fourth-order valence-corrected chi connectivity index (χ4v) is 4.46. The Balaban J connectivity index is 1.54. The van der Waals surface area contributed by atoms with Gasteiger partial charge in [-0.15, -0.1) is 0 Å². The third-order valence-electron chi connectivity index (χ3n) is 6.59. The van der Waals surface area contributed by atoms with Gasteiger partial charge in [0.1, 0.15) is 11.4 Å². The first-order chi connectivity index (χ1) is 16.1. The summed E-state index contributed by atoms with van der Waals surface area (Å²) in [5.74, 6) is -0.345. The first kappa shape index (κ1) is 23.8. The van der Waals surface area contributed by atoms with Gasteiger partial charge in [0, 0.05) is 44.0 Å². The summed E-state index contributed by atoms with van der Waals surface area (Å²) < 4.78 is 44.0. The largest absolute Gasteiger partial charge is 0.467 e. The van der Waals surface area contributed by atoms with Crippen LogP contribution < -0.4 is 14.5 Å². The van der Waals surface area contributed by atoms with Crippen LogP contribution in [0.1, 0.15) is 22.4 Å². The fourth-order valence-electron chi connectivity index (χ4n) is 4.46. The predicted molar refractivity (Wildman–Crippen MR) is 123 cm³/mol. The Kier molecular flexibility index (Phi) is 6.42. The molecule has 1 aromatic carbocycles. The van der Waals surface area contributed by atoms with Gasteiger partial charge in [-0.3, -0.25) is 4.79 Å². The maximum atomic E-state index is 12.9. The van der Waals surface area contributed by atoms with Crippen molar-refractivity contribution >= 4 is 17.4 Å². The Morgan fingerprint density at radius 2 is 1.76 bits per heavy atom. The number of benzene rings is 1. The Bertz CT molecular complexity index is 1110. The molecular formula is C24H28F3N5O2. The van der Waals surface area contributed by atoms with Gasteiger partial charge in [0.2, 0.25) is 0 Å². The van der Waals surface area contributed by atoms with Gasteiger partial charge in [-0.2, -0.15) is 23.1 Å². The molecule has 0 saturated carbocycles. The van der Waals surface area contributed by atoms with Crippen molar-refractivity contribution in [2.24, 2.45) is 0 Å². The van der Waals surface area contributed by atoms with E-state index in [1.807, 2.05) is 11.0 Å². The lowest BCUT2D eigenvalue weighted by atomic mass is 10.0. The van der Waals surface area contributed by atoms with Crippen LogP contribution >= 0.6 is 0 Å². The summed E-state index contributed by atoms with van der Waals surface area (Å²) in [6, 6.07) is 6.50. The minimum absolute atomic E-state index is 0.156. The minimum atomic E-state index is -4.73. The second kappa shape index (κ2) is 9.15. The van der Waals surface area contributed by atoms with Crippen LogP contribution in [-0.2, 0) is 17.8 Å². The van der Waals surface area contributed by atoms with Crippen molar-refractivity contribution in [1.82, 2.24) is 14.9 Å².